The molecule has 0 atom stereocenters. The zero-order valence-electron chi connectivity index (χ0n) is 9.72. The van der Waals surface area contributed by atoms with E-state index >= 15 is 0 Å². The molecule has 0 saturated carbocycles. The van der Waals surface area contributed by atoms with E-state index in [1.807, 2.05) is 19.1 Å². The first-order valence-corrected chi connectivity index (χ1v) is 6.35. The highest BCUT2D eigenvalue weighted by molar-refractivity contribution is 9.10. The minimum atomic E-state index is 0.0437. The van der Waals surface area contributed by atoms with Crippen molar-refractivity contribution in [3.63, 3.8) is 0 Å². The van der Waals surface area contributed by atoms with Crippen LogP contribution in [0.4, 0.5) is 5.82 Å². The minimum Gasteiger partial charge on any atom is -0.310 e. The molecule has 0 spiro atoms. The number of hydrogen-bond acceptors (Lipinski definition) is 2. The van der Waals surface area contributed by atoms with Gasteiger partial charge in [-0.3, -0.25) is 4.79 Å². The number of unbranched alkanes of at least 4 members (excludes halogenated alkanes) is 2. The molecule has 1 aromatic rings. The van der Waals surface area contributed by atoms with E-state index < -0.39 is 0 Å². The molecule has 1 heterocycles. The lowest BCUT2D eigenvalue weighted by Gasteiger charge is -2.07. The molecular weight excluding hydrogens is 268 g/mol. The van der Waals surface area contributed by atoms with E-state index in [1.165, 1.54) is 0 Å². The van der Waals surface area contributed by atoms with Crippen molar-refractivity contribution in [1.82, 2.24) is 4.98 Å². The monoisotopic (exact) mass is 284 g/mol. The van der Waals surface area contributed by atoms with Crippen LogP contribution in [-0.4, -0.2) is 10.9 Å². The van der Waals surface area contributed by atoms with Crippen LogP contribution < -0.4 is 5.32 Å². The van der Waals surface area contributed by atoms with Gasteiger partial charge in [0.1, 0.15) is 10.4 Å². The Morgan fingerprint density at radius 3 is 2.88 bits per heavy atom. The lowest BCUT2D eigenvalue weighted by Crippen LogP contribution is -2.13. The molecule has 0 radical (unpaired) electrons. The normalized spacial score (nSPS) is 10.2. The van der Waals surface area contributed by atoms with E-state index in [0.717, 1.165) is 29.4 Å². The van der Waals surface area contributed by atoms with Crippen LogP contribution in [0.15, 0.2) is 16.7 Å². The molecule has 1 amide bonds. The van der Waals surface area contributed by atoms with Gasteiger partial charge in [-0.15, -0.1) is 0 Å². The van der Waals surface area contributed by atoms with E-state index in [2.05, 4.69) is 33.2 Å². The number of carbonyl (C=O) groups excluding carboxylic acids is 1. The molecule has 1 rings (SSSR count). The third-order valence-corrected chi connectivity index (χ3v) is 2.77. The Balaban J connectivity index is 2.52. The van der Waals surface area contributed by atoms with Crippen molar-refractivity contribution in [2.45, 2.75) is 39.5 Å². The Bertz CT molecular complexity index is 366. The Kier molecular flexibility index (Phi) is 5.46. The summed E-state index contributed by atoms with van der Waals surface area (Å²) in [7, 11) is 0. The van der Waals surface area contributed by atoms with E-state index in [4.69, 9.17) is 0 Å². The molecule has 0 aromatic carbocycles. The fourth-order valence-electron chi connectivity index (χ4n) is 1.36. The molecule has 88 valence electrons. The first kappa shape index (κ1) is 13.2. The van der Waals surface area contributed by atoms with Crippen molar-refractivity contribution >= 4 is 27.7 Å². The average molecular weight is 285 g/mol. The van der Waals surface area contributed by atoms with Crippen LogP contribution in [0.2, 0.25) is 0 Å². The Morgan fingerprint density at radius 1 is 1.44 bits per heavy atom. The summed E-state index contributed by atoms with van der Waals surface area (Å²) in [5.74, 6) is 0.693. The molecule has 0 aliphatic carbocycles. The molecular formula is C12H17BrN2O. The largest absolute Gasteiger partial charge is 0.310 e. The molecule has 16 heavy (non-hydrogen) atoms. The summed E-state index contributed by atoms with van der Waals surface area (Å²) in [6, 6.07) is 3.79. The van der Waals surface area contributed by atoms with E-state index in [9.17, 15) is 4.79 Å². The second-order valence-corrected chi connectivity index (χ2v) is 4.62. The van der Waals surface area contributed by atoms with Crippen LogP contribution >= 0.6 is 15.9 Å². The van der Waals surface area contributed by atoms with Gasteiger partial charge in [0, 0.05) is 6.42 Å². The van der Waals surface area contributed by atoms with Crippen LogP contribution in [0.5, 0.6) is 0 Å². The summed E-state index contributed by atoms with van der Waals surface area (Å²) >= 11 is 3.29. The maximum Gasteiger partial charge on any atom is 0.225 e. The molecule has 0 unspecified atom stereocenters. The van der Waals surface area contributed by atoms with Gasteiger partial charge >= 0.3 is 0 Å². The number of pyridine rings is 1. The molecule has 0 fully saturated rings. The number of anilines is 1. The van der Waals surface area contributed by atoms with Gasteiger partial charge in [-0.05, 0) is 40.9 Å². The van der Waals surface area contributed by atoms with E-state index in [-0.39, 0.29) is 5.91 Å². The van der Waals surface area contributed by atoms with Crippen LogP contribution in [0.1, 0.15) is 38.2 Å². The first-order valence-electron chi connectivity index (χ1n) is 5.56. The Morgan fingerprint density at radius 2 is 2.19 bits per heavy atom. The summed E-state index contributed by atoms with van der Waals surface area (Å²) in [6.07, 6.45) is 3.73. The molecule has 0 saturated heterocycles. The maximum atomic E-state index is 11.6. The molecule has 0 aliphatic heterocycles. The molecule has 0 aliphatic rings. The fraction of sp³-hybridized carbons (Fsp3) is 0.500. The lowest BCUT2D eigenvalue weighted by atomic mass is 10.2. The second kappa shape index (κ2) is 6.63. The van der Waals surface area contributed by atoms with Crippen LogP contribution in [0, 0.1) is 6.92 Å². The van der Waals surface area contributed by atoms with Crippen molar-refractivity contribution in [3.8, 4) is 0 Å². The lowest BCUT2D eigenvalue weighted by molar-refractivity contribution is -0.116. The summed E-state index contributed by atoms with van der Waals surface area (Å²) in [5.41, 5.74) is 0.979. The molecule has 3 nitrogen and oxygen atoms in total. The predicted molar refractivity (Wildman–Crippen MR) is 69.4 cm³/mol. The number of halogens is 1. The zero-order chi connectivity index (χ0) is 12.0. The Labute approximate surface area is 105 Å². The highest BCUT2D eigenvalue weighted by Crippen LogP contribution is 2.16. The van der Waals surface area contributed by atoms with Crippen molar-refractivity contribution in [3.05, 3.63) is 22.3 Å². The zero-order valence-corrected chi connectivity index (χ0v) is 11.3. The standard InChI is InChI=1S/C12H17BrN2O/c1-3-4-5-6-11(16)15-12-9(2)7-8-10(13)14-12/h7-8H,3-6H2,1-2H3,(H,14,15,16). The van der Waals surface area contributed by atoms with Gasteiger partial charge in [0.2, 0.25) is 5.91 Å². The topological polar surface area (TPSA) is 42.0 Å². The summed E-state index contributed by atoms with van der Waals surface area (Å²) in [4.78, 5) is 15.8. The second-order valence-electron chi connectivity index (χ2n) is 3.80. The van der Waals surface area contributed by atoms with Crippen LogP contribution in [0.25, 0.3) is 0 Å². The van der Waals surface area contributed by atoms with Crippen LogP contribution in [-0.2, 0) is 4.79 Å². The molecule has 4 heteroatoms. The third-order valence-electron chi connectivity index (χ3n) is 2.33. The third kappa shape index (κ3) is 4.31. The number of rotatable bonds is 5. The van der Waals surface area contributed by atoms with Gasteiger partial charge in [-0.1, -0.05) is 25.8 Å². The predicted octanol–water partition coefficient (Wildman–Crippen LogP) is 3.67. The first-order chi connectivity index (χ1) is 7.63. The average Bonchev–Trinajstić information content (AvgIpc) is 2.24. The van der Waals surface area contributed by atoms with E-state index in [1.54, 1.807) is 0 Å². The van der Waals surface area contributed by atoms with Gasteiger partial charge in [-0.25, -0.2) is 4.98 Å². The number of aromatic nitrogens is 1. The summed E-state index contributed by atoms with van der Waals surface area (Å²) < 4.78 is 0.738. The van der Waals surface area contributed by atoms with Gasteiger partial charge in [0.25, 0.3) is 0 Å². The van der Waals surface area contributed by atoms with Crippen LogP contribution in [0.3, 0.4) is 0 Å². The van der Waals surface area contributed by atoms with Crippen molar-refractivity contribution in [1.29, 1.82) is 0 Å². The number of nitrogens with zero attached hydrogens (tertiary/aromatic N) is 1. The van der Waals surface area contributed by atoms with Crippen molar-refractivity contribution in [2.75, 3.05) is 5.32 Å². The molecule has 1 aromatic heterocycles. The summed E-state index contributed by atoms with van der Waals surface area (Å²) in [6.45, 7) is 4.05. The van der Waals surface area contributed by atoms with Gasteiger partial charge in [0.15, 0.2) is 0 Å². The maximum absolute atomic E-state index is 11.6. The van der Waals surface area contributed by atoms with Crippen molar-refractivity contribution < 1.29 is 4.79 Å². The molecule has 0 bridgehead atoms. The van der Waals surface area contributed by atoms with Gasteiger partial charge in [-0.2, -0.15) is 0 Å². The van der Waals surface area contributed by atoms with Gasteiger partial charge in [0.05, 0.1) is 0 Å². The number of nitrogens with one attached hydrogen (secondary N) is 1. The number of amides is 1. The highest BCUT2D eigenvalue weighted by atomic mass is 79.9. The quantitative estimate of drug-likeness (QED) is 0.662. The number of hydrogen-bond donors (Lipinski definition) is 1. The SMILES string of the molecule is CCCCCC(=O)Nc1nc(Br)ccc1C. The van der Waals surface area contributed by atoms with E-state index in [0.29, 0.717) is 12.2 Å². The van der Waals surface area contributed by atoms with Gasteiger partial charge < -0.3 is 5.32 Å². The molecule has 1 N–H and O–H groups in total. The highest BCUT2D eigenvalue weighted by Gasteiger charge is 2.05. The summed E-state index contributed by atoms with van der Waals surface area (Å²) in [5, 5.41) is 2.83. The number of carbonyl (C=O) groups is 1. The minimum absolute atomic E-state index is 0.0437. The Hall–Kier alpha value is -0.900. The number of aryl methyl sites for hydroxylation is 1. The van der Waals surface area contributed by atoms with Crippen molar-refractivity contribution in [2.24, 2.45) is 0 Å². The fourth-order valence-corrected chi connectivity index (χ4v) is 1.67. The smallest absolute Gasteiger partial charge is 0.225 e.